The van der Waals surface area contributed by atoms with Gasteiger partial charge in [0.05, 0.1) is 6.07 Å². The van der Waals surface area contributed by atoms with Crippen LogP contribution in [0.25, 0.3) is 0 Å². The number of aliphatic hydroxyl groups is 1. The summed E-state index contributed by atoms with van der Waals surface area (Å²) in [6.45, 7) is 1.44. The number of carbonyl (C=O) groups excluding carboxylic acids is 1. The molecule has 0 heterocycles. The molecule has 0 rings (SSSR count). The second-order valence-corrected chi connectivity index (χ2v) is 2.49. The maximum Gasteiger partial charge on any atom is 0.151 e. The van der Waals surface area contributed by atoms with E-state index < -0.39 is 5.60 Å². The van der Waals surface area contributed by atoms with E-state index in [2.05, 4.69) is 0 Å². The van der Waals surface area contributed by atoms with E-state index in [1.54, 1.807) is 0 Å². The third kappa shape index (κ3) is 4.04. The van der Waals surface area contributed by atoms with Crippen LogP contribution in [0.2, 0.25) is 0 Å². The van der Waals surface area contributed by atoms with Crippen molar-refractivity contribution in [3.8, 4) is 6.07 Å². The van der Waals surface area contributed by atoms with Crippen molar-refractivity contribution in [2.45, 2.75) is 31.8 Å². The lowest BCUT2D eigenvalue weighted by molar-refractivity contribution is -0.123. The Kier molecular flexibility index (Phi) is 3.67. The number of nitriles is 1. The Morgan fingerprint density at radius 2 is 2.40 bits per heavy atom. The molecule has 10 heavy (non-hydrogen) atoms. The van der Waals surface area contributed by atoms with Crippen LogP contribution in [0.15, 0.2) is 0 Å². The largest absolute Gasteiger partial charge is 0.383 e. The summed E-state index contributed by atoms with van der Waals surface area (Å²) in [6.07, 6.45) is 1.83. The topological polar surface area (TPSA) is 61.1 Å². The van der Waals surface area contributed by atoms with E-state index >= 15 is 0 Å². The maximum absolute atomic E-state index is 10.1. The molecule has 0 unspecified atom stereocenters. The van der Waals surface area contributed by atoms with E-state index in [1.165, 1.54) is 6.92 Å². The molecule has 0 bridgehead atoms. The fourth-order valence-corrected chi connectivity index (χ4v) is 0.584. The van der Waals surface area contributed by atoms with E-state index in [0.29, 0.717) is 25.5 Å². The molecule has 0 amide bonds. The van der Waals surface area contributed by atoms with Crippen LogP contribution in [0.3, 0.4) is 0 Å². The molecular formula is C7H11NO2. The highest BCUT2D eigenvalue weighted by atomic mass is 16.3. The Morgan fingerprint density at radius 3 is 2.80 bits per heavy atom. The molecule has 0 aromatic heterocycles. The van der Waals surface area contributed by atoms with Gasteiger partial charge >= 0.3 is 0 Å². The van der Waals surface area contributed by atoms with E-state index in [4.69, 9.17) is 10.4 Å². The Labute approximate surface area is 60.3 Å². The molecule has 0 fully saturated rings. The summed E-state index contributed by atoms with van der Waals surface area (Å²) in [4.78, 5) is 10.1. The van der Waals surface area contributed by atoms with Crippen molar-refractivity contribution in [2.24, 2.45) is 0 Å². The Balaban J connectivity index is 3.49. The standard InChI is InChI=1S/C7H11NO2/c1-7(10,6-9)4-2-3-5-8/h6,10H,2-4H2,1H3/t7-/m1/s1. The average molecular weight is 141 g/mol. The van der Waals surface area contributed by atoms with Crippen molar-refractivity contribution in [1.82, 2.24) is 0 Å². The first-order valence-corrected chi connectivity index (χ1v) is 3.18. The maximum atomic E-state index is 10.1. The summed E-state index contributed by atoms with van der Waals surface area (Å²) in [5, 5.41) is 17.2. The van der Waals surface area contributed by atoms with Gasteiger partial charge in [-0.3, -0.25) is 0 Å². The molecule has 56 valence electrons. The molecule has 0 aliphatic heterocycles. The van der Waals surface area contributed by atoms with Crippen LogP contribution in [0, 0.1) is 11.3 Å². The van der Waals surface area contributed by atoms with Gasteiger partial charge in [-0.15, -0.1) is 0 Å². The predicted molar refractivity (Wildman–Crippen MR) is 36.2 cm³/mol. The summed E-state index contributed by atoms with van der Waals surface area (Å²) in [5.74, 6) is 0. The molecule has 0 saturated carbocycles. The van der Waals surface area contributed by atoms with E-state index in [0.717, 1.165) is 0 Å². The first kappa shape index (κ1) is 9.12. The second kappa shape index (κ2) is 4.02. The van der Waals surface area contributed by atoms with Crippen LogP contribution < -0.4 is 0 Å². The monoisotopic (exact) mass is 141 g/mol. The molecule has 3 nitrogen and oxygen atoms in total. The minimum atomic E-state index is -1.24. The van der Waals surface area contributed by atoms with Crippen LogP contribution in [-0.2, 0) is 4.79 Å². The molecule has 1 atom stereocenters. The van der Waals surface area contributed by atoms with Crippen LogP contribution in [-0.4, -0.2) is 17.0 Å². The fourth-order valence-electron chi connectivity index (χ4n) is 0.584. The van der Waals surface area contributed by atoms with Gasteiger partial charge in [-0.25, -0.2) is 0 Å². The third-order valence-corrected chi connectivity index (χ3v) is 1.23. The Hall–Kier alpha value is -0.880. The molecule has 0 aromatic carbocycles. The summed E-state index contributed by atoms with van der Waals surface area (Å²) < 4.78 is 0. The van der Waals surface area contributed by atoms with Crippen molar-refractivity contribution in [1.29, 1.82) is 5.26 Å². The number of nitrogens with zero attached hydrogens (tertiary/aromatic N) is 1. The van der Waals surface area contributed by atoms with Crippen molar-refractivity contribution >= 4 is 6.29 Å². The molecule has 1 N–H and O–H groups in total. The molecule has 0 aliphatic carbocycles. The molecule has 0 spiro atoms. The molecule has 3 heteroatoms. The van der Waals surface area contributed by atoms with E-state index in [1.807, 2.05) is 6.07 Å². The number of aldehydes is 1. The highest BCUT2D eigenvalue weighted by Gasteiger charge is 2.17. The minimum Gasteiger partial charge on any atom is -0.383 e. The summed E-state index contributed by atoms with van der Waals surface area (Å²) >= 11 is 0. The highest BCUT2D eigenvalue weighted by molar-refractivity contribution is 5.60. The summed E-state index contributed by atoms with van der Waals surface area (Å²) in [5.41, 5.74) is -1.24. The molecule has 0 aromatic rings. The SMILES string of the molecule is C[C@](O)(C=O)CCCC#N. The van der Waals surface area contributed by atoms with Gasteiger partial charge in [-0.2, -0.15) is 5.26 Å². The zero-order valence-electron chi connectivity index (χ0n) is 6.00. The van der Waals surface area contributed by atoms with Crippen LogP contribution in [0.4, 0.5) is 0 Å². The van der Waals surface area contributed by atoms with Crippen molar-refractivity contribution < 1.29 is 9.90 Å². The summed E-state index contributed by atoms with van der Waals surface area (Å²) in [6, 6.07) is 1.94. The number of hydrogen-bond donors (Lipinski definition) is 1. The van der Waals surface area contributed by atoms with Gasteiger partial charge < -0.3 is 9.90 Å². The minimum absolute atomic E-state index is 0.365. The van der Waals surface area contributed by atoms with Crippen LogP contribution in [0.1, 0.15) is 26.2 Å². The van der Waals surface area contributed by atoms with Crippen molar-refractivity contribution in [3.63, 3.8) is 0 Å². The zero-order valence-corrected chi connectivity index (χ0v) is 6.00. The normalized spacial score (nSPS) is 15.3. The Bertz CT molecular complexity index is 146. The average Bonchev–Trinajstić information content (AvgIpc) is 1.89. The lowest BCUT2D eigenvalue weighted by atomic mass is 10.0. The van der Waals surface area contributed by atoms with Gasteiger partial charge in [-0.05, 0) is 19.8 Å². The first-order chi connectivity index (χ1) is 4.62. The lowest BCUT2D eigenvalue weighted by Crippen LogP contribution is -2.25. The molecular weight excluding hydrogens is 130 g/mol. The lowest BCUT2D eigenvalue weighted by Gasteiger charge is -2.13. The number of carbonyl (C=O) groups is 1. The van der Waals surface area contributed by atoms with E-state index in [-0.39, 0.29) is 0 Å². The van der Waals surface area contributed by atoms with Gasteiger partial charge in [0.25, 0.3) is 0 Å². The smallest absolute Gasteiger partial charge is 0.151 e. The quantitative estimate of drug-likeness (QED) is 0.461. The summed E-state index contributed by atoms with van der Waals surface area (Å²) in [7, 11) is 0. The first-order valence-electron chi connectivity index (χ1n) is 3.18. The van der Waals surface area contributed by atoms with Gasteiger partial charge in [0.2, 0.25) is 0 Å². The number of hydrogen-bond acceptors (Lipinski definition) is 3. The Morgan fingerprint density at radius 1 is 1.80 bits per heavy atom. The van der Waals surface area contributed by atoms with E-state index in [9.17, 15) is 4.79 Å². The fraction of sp³-hybridized carbons (Fsp3) is 0.714. The zero-order chi connectivity index (χ0) is 8.04. The number of rotatable bonds is 4. The third-order valence-electron chi connectivity index (χ3n) is 1.23. The molecule has 0 saturated heterocycles. The second-order valence-electron chi connectivity index (χ2n) is 2.49. The van der Waals surface area contributed by atoms with Crippen LogP contribution >= 0.6 is 0 Å². The van der Waals surface area contributed by atoms with Gasteiger partial charge in [0.15, 0.2) is 6.29 Å². The van der Waals surface area contributed by atoms with Gasteiger partial charge in [0.1, 0.15) is 5.60 Å². The predicted octanol–water partition coefficient (Wildman–Crippen LogP) is 0.630. The highest BCUT2D eigenvalue weighted by Crippen LogP contribution is 2.09. The van der Waals surface area contributed by atoms with Crippen molar-refractivity contribution in [2.75, 3.05) is 0 Å². The van der Waals surface area contributed by atoms with Gasteiger partial charge in [-0.1, -0.05) is 0 Å². The van der Waals surface area contributed by atoms with Crippen LogP contribution in [0.5, 0.6) is 0 Å². The molecule has 0 aliphatic rings. The number of unbranched alkanes of at least 4 members (excludes halogenated alkanes) is 1. The van der Waals surface area contributed by atoms with Gasteiger partial charge in [0, 0.05) is 6.42 Å². The molecule has 0 radical (unpaired) electrons. The van der Waals surface area contributed by atoms with Crippen molar-refractivity contribution in [3.05, 3.63) is 0 Å².